The Bertz CT molecular complexity index is 622. The lowest BCUT2D eigenvalue weighted by Crippen LogP contribution is -2.38. The first-order chi connectivity index (χ1) is 11.2. The molecule has 0 saturated carbocycles. The first-order valence-electron chi connectivity index (χ1n) is 7.92. The molecular weight excluding hydrogens is 295 g/mol. The third-order valence-corrected chi connectivity index (χ3v) is 3.33. The second-order valence-corrected chi connectivity index (χ2v) is 5.14. The van der Waals surface area contributed by atoms with Crippen LogP contribution in [0.15, 0.2) is 39.8 Å². The van der Waals surface area contributed by atoms with E-state index in [-0.39, 0.29) is 5.82 Å². The van der Waals surface area contributed by atoms with Gasteiger partial charge >= 0.3 is 0 Å². The lowest BCUT2D eigenvalue weighted by atomic mass is 10.1. The van der Waals surface area contributed by atoms with E-state index in [4.69, 9.17) is 4.52 Å². The number of aryl methyl sites for hydroxylation is 1. The second kappa shape index (κ2) is 8.92. The third-order valence-electron chi connectivity index (χ3n) is 3.33. The number of aliphatic imine (C=N–C) groups is 1. The van der Waals surface area contributed by atoms with Crippen LogP contribution in [0.4, 0.5) is 4.39 Å². The van der Waals surface area contributed by atoms with E-state index in [1.807, 2.05) is 19.9 Å². The third kappa shape index (κ3) is 5.73. The summed E-state index contributed by atoms with van der Waals surface area (Å²) in [5, 5.41) is 10.4. The Hall–Kier alpha value is -2.37. The normalized spacial score (nSPS) is 11.5. The van der Waals surface area contributed by atoms with Crippen molar-refractivity contribution in [2.45, 2.75) is 33.2 Å². The van der Waals surface area contributed by atoms with Crippen LogP contribution in [0.2, 0.25) is 0 Å². The average Bonchev–Trinajstić information content (AvgIpc) is 3.02. The first kappa shape index (κ1) is 17.0. The fourth-order valence-corrected chi connectivity index (χ4v) is 2.07. The minimum Gasteiger partial charge on any atom is -0.359 e. The Morgan fingerprint density at radius 3 is 2.65 bits per heavy atom. The van der Waals surface area contributed by atoms with Gasteiger partial charge < -0.3 is 15.2 Å². The predicted octanol–water partition coefficient (Wildman–Crippen LogP) is 2.67. The van der Waals surface area contributed by atoms with E-state index in [0.717, 1.165) is 42.4 Å². The summed E-state index contributed by atoms with van der Waals surface area (Å²) in [6.45, 7) is 5.98. The van der Waals surface area contributed by atoms with E-state index in [0.29, 0.717) is 13.1 Å². The van der Waals surface area contributed by atoms with Gasteiger partial charge in [0.05, 0.1) is 5.69 Å². The topological polar surface area (TPSA) is 62.5 Å². The standard InChI is InChI=1S/C17H23FN4O/c1-3-15-11-16(23-22-15)12-21-17(19-4-2)20-10-9-13-5-7-14(18)8-6-13/h5-8,11H,3-4,9-10,12H2,1-2H3,(H2,19,20,21). The molecular formula is C17H23FN4O. The maximum atomic E-state index is 12.9. The van der Waals surface area contributed by atoms with Gasteiger partial charge in [0, 0.05) is 19.2 Å². The van der Waals surface area contributed by atoms with Gasteiger partial charge in [-0.05, 0) is 37.5 Å². The van der Waals surface area contributed by atoms with Crippen molar-refractivity contribution in [3.05, 3.63) is 53.2 Å². The summed E-state index contributed by atoms with van der Waals surface area (Å²) >= 11 is 0. The van der Waals surface area contributed by atoms with Gasteiger partial charge in [-0.2, -0.15) is 0 Å². The van der Waals surface area contributed by atoms with Crippen molar-refractivity contribution in [1.29, 1.82) is 0 Å². The minimum atomic E-state index is -0.213. The van der Waals surface area contributed by atoms with Crippen molar-refractivity contribution in [3.63, 3.8) is 0 Å². The fourth-order valence-electron chi connectivity index (χ4n) is 2.07. The fraction of sp³-hybridized carbons (Fsp3) is 0.412. The summed E-state index contributed by atoms with van der Waals surface area (Å²) in [4.78, 5) is 4.48. The quantitative estimate of drug-likeness (QED) is 0.608. The highest BCUT2D eigenvalue weighted by Crippen LogP contribution is 2.05. The van der Waals surface area contributed by atoms with E-state index >= 15 is 0 Å². The Morgan fingerprint density at radius 2 is 2.00 bits per heavy atom. The number of hydrogen-bond donors (Lipinski definition) is 2. The molecule has 2 aromatic rings. The maximum Gasteiger partial charge on any atom is 0.191 e. The molecule has 0 aliphatic carbocycles. The molecule has 0 radical (unpaired) electrons. The highest BCUT2D eigenvalue weighted by Gasteiger charge is 2.03. The molecule has 0 aliphatic rings. The van der Waals surface area contributed by atoms with E-state index in [1.165, 1.54) is 12.1 Å². The van der Waals surface area contributed by atoms with Crippen molar-refractivity contribution >= 4 is 5.96 Å². The van der Waals surface area contributed by atoms with Gasteiger partial charge in [-0.25, -0.2) is 9.38 Å². The van der Waals surface area contributed by atoms with Crippen LogP contribution in [-0.2, 0) is 19.4 Å². The molecule has 23 heavy (non-hydrogen) atoms. The summed E-state index contributed by atoms with van der Waals surface area (Å²) < 4.78 is 18.1. The lowest BCUT2D eigenvalue weighted by Gasteiger charge is -2.10. The molecule has 0 atom stereocenters. The highest BCUT2D eigenvalue weighted by atomic mass is 19.1. The van der Waals surface area contributed by atoms with Crippen LogP contribution >= 0.6 is 0 Å². The molecule has 0 bridgehead atoms. The smallest absolute Gasteiger partial charge is 0.191 e. The van der Waals surface area contributed by atoms with E-state index in [2.05, 4.69) is 20.8 Å². The number of hydrogen-bond acceptors (Lipinski definition) is 3. The van der Waals surface area contributed by atoms with Crippen molar-refractivity contribution in [2.75, 3.05) is 13.1 Å². The molecule has 5 nitrogen and oxygen atoms in total. The SMILES string of the molecule is CCNC(=NCc1cc(CC)no1)NCCc1ccc(F)cc1. The van der Waals surface area contributed by atoms with Crippen LogP contribution in [0.3, 0.4) is 0 Å². The minimum absolute atomic E-state index is 0.213. The van der Waals surface area contributed by atoms with Gasteiger partial charge in [-0.1, -0.05) is 24.2 Å². The van der Waals surface area contributed by atoms with Crippen LogP contribution in [0.25, 0.3) is 0 Å². The zero-order valence-corrected chi connectivity index (χ0v) is 13.6. The summed E-state index contributed by atoms with van der Waals surface area (Å²) in [7, 11) is 0. The molecule has 2 rings (SSSR count). The van der Waals surface area contributed by atoms with Gasteiger partial charge in [0.15, 0.2) is 11.7 Å². The summed E-state index contributed by atoms with van der Waals surface area (Å²) in [5.41, 5.74) is 2.02. The Labute approximate surface area is 136 Å². The molecule has 124 valence electrons. The van der Waals surface area contributed by atoms with Crippen molar-refractivity contribution in [2.24, 2.45) is 4.99 Å². The number of nitrogens with zero attached hydrogens (tertiary/aromatic N) is 2. The zero-order valence-electron chi connectivity index (χ0n) is 13.6. The molecule has 0 spiro atoms. The average molecular weight is 318 g/mol. The molecule has 2 N–H and O–H groups in total. The highest BCUT2D eigenvalue weighted by molar-refractivity contribution is 5.79. The van der Waals surface area contributed by atoms with Crippen LogP contribution in [0.5, 0.6) is 0 Å². The Morgan fingerprint density at radius 1 is 1.22 bits per heavy atom. The Balaban J connectivity index is 1.84. The second-order valence-electron chi connectivity index (χ2n) is 5.14. The number of nitrogens with one attached hydrogen (secondary N) is 2. The number of benzene rings is 1. The Kier molecular flexibility index (Phi) is 6.59. The number of aromatic nitrogens is 1. The van der Waals surface area contributed by atoms with E-state index < -0.39 is 0 Å². The number of guanidine groups is 1. The largest absolute Gasteiger partial charge is 0.359 e. The van der Waals surface area contributed by atoms with Crippen molar-refractivity contribution < 1.29 is 8.91 Å². The van der Waals surface area contributed by atoms with Gasteiger partial charge in [0.2, 0.25) is 0 Å². The molecule has 1 heterocycles. The van der Waals surface area contributed by atoms with Crippen molar-refractivity contribution in [3.8, 4) is 0 Å². The van der Waals surface area contributed by atoms with Gasteiger partial charge in [0.25, 0.3) is 0 Å². The number of rotatable bonds is 7. The lowest BCUT2D eigenvalue weighted by molar-refractivity contribution is 0.379. The molecule has 1 aromatic carbocycles. The molecule has 0 fully saturated rings. The van der Waals surface area contributed by atoms with E-state index in [1.54, 1.807) is 12.1 Å². The number of halogens is 1. The first-order valence-corrected chi connectivity index (χ1v) is 7.92. The van der Waals surface area contributed by atoms with Crippen molar-refractivity contribution in [1.82, 2.24) is 15.8 Å². The van der Waals surface area contributed by atoms with E-state index in [9.17, 15) is 4.39 Å². The summed E-state index contributed by atoms with van der Waals surface area (Å²) in [6, 6.07) is 8.46. The molecule has 0 aliphatic heterocycles. The summed E-state index contributed by atoms with van der Waals surface area (Å²) in [6.07, 6.45) is 1.65. The molecule has 6 heteroatoms. The van der Waals surface area contributed by atoms with Gasteiger partial charge in [-0.3, -0.25) is 0 Å². The summed E-state index contributed by atoms with van der Waals surface area (Å²) in [5.74, 6) is 1.26. The maximum absolute atomic E-state index is 12.9. The van der Waals surface area contributed by atoms with Crippen LogP contribution in [0, 0.1) is 5.82 Å². The molecule has 0 saturated heterocycles. The van der Waals surface area contributed by atoms with Crippen LogP contribution < -0.4 is 10.6 Å². The monoisotopic (exact) mass is 318 g/mol. The van der Waals surface area contributed by atoms with Crippen LogP contribution in [-0.4, -0.2) is 24.2 Å². The zero-order chi connectivity index (χ0) is 16.5. The van der Waals surface area contributed by atoms with Crippen LogP contribution in [0.1, 0.15) is 30.9 Å². The molecule has 0 unspecified atom stereocenters. The van der Waals surface area contributed by atoms with Gasteiger partial charge in [0.1, 0.15) is 12.4 Å². The van der Waals surface area contributed by atoms with Gasteiger partial charge in [-0.15, -0.1) is 0 Å². The molecule has 0 amide bonds. The molecule has 1 aromatic heterocycles. The predicted molar refractivity (Wildman–Crippen MR) is 88.8 cm³/mol.